The van der Waals surface area contributed by atoms with Gasteiger partial charge in [-0.3, -0.25) is 19.8 Å². The second-order valence-corrected chi connectivity index (χ2v) is 8.33. The van der Waals surface area contributed by atoms with Gasteiger partial charge in [0.25, 0.3) is 5.69 Å². The lowest BCUT2D eigenvalue weighted by molar-refractivity contribution is -0.384. The SMILES string of the molecule is Cc1ccc([N+](=O)[O-])c(NC(=O)CN(C)Cc2ccc(C(C)(C)C)cc2)c1C. The fourth-order valence-electron chi connectivity index (χ4n) is 3.01. The number of nitrogens with one attached hydrogen (secondary N) is 1. The molecule has 6 heteroatoms. The Kier molecular flexibility index (Phi) is 6.56. The number of aryl methyl sites for hydroxylation is 1. The Labute approximate surface area is 166 Å². The molecule has 2 aromatic carbocycles. The van der Waals surface area contributed by atoms with E-state index in [4.69, 9.17) is 0 Å². The summed E-state index contributed by atoms with van der Waals surface area (Å²) in [6.07, 6.45) is 0. The van der Waals surface area contributed by atoms with Crippen molar-refractivity contribution in [2.75, 3.05) is 18.9 Å². The van der Waals surface area contributed by atoms with E-state index in [1.807, 2.05) is 18.9 Å². The lowest BCUT2D eigenvalue weighted by Crippen LogP contribution is -2.30. The Balaban J connectivity index is 2.04. The topological polar surface area (TPSA) is 75.5 Å². The van der Waals surface area contributed by atoms with Crippen LogP contribution in [0.25, 0.3) is 0 Å². The summed E-state index contributed by atoms with van der Waals surface area (Å²) >= 11 is 0. The Morgan fingerprint density at radius 2 is 1.71 bits per heavy atom. The number of hydrogen-bond acceptors (Lipinski definition) is 4. The standard InChI is InChI=1S/C22H29N3O3/c1-15-7-12-19(25(27)28)21(16(15)2)23-20(26)14-24(6)13-17-8-10-18(11-9-17)22(3,4)5/h7-12H,13-14H2,1-6H3,(H,23,26). The third-order valence-corrected chi connectivity index (χ3v) is 4.86. The monoisotopic (exact) mass is 383 g/mol. The summed E-state index contributed by atoms with van der Waals surface area (Å²) in [6, 6.07) is 11.5. The van der Waals surface area contributed by atoms with Crippen molar-refractivity contribution < 1.29 is 9.72 Å². The first kappa shape index (κ1) is 21.6. The van der Waals surface area contributed by atoms with E-state index in [0.29, 0.717) is 12.1 Å². The molecule has 1 N–H and O–H groups in total. The summed E-state index contributed by atoms with van der Waals surface area (Å²) in [7, 11) is 1.86. The second kappa shape index (κ2) is 8.52. The molecular formula is C22H29N3O3. The highest BCUT2D eigenvalue weighted by Crippen LogP contribution is 2.30. The first-order chi connectivity index (χ1) is 13.0. The summed E-state index contributed by atoms with van der Waals surface area (Å²) in [5.74, 6) is -0.273. The lowest BCUT2D eigenvalue weighted by Gasteiger charge is -2.20. The Bertz CT molecular complexity index is 868. The summed E-state index contributed by atoms with van der Waals surface area (Å²) in [5, 5.41) is 14.0. The van der Waals surface area contributed by atoms with Gasteiger partial charge in [0, 0.05) is 12.6 Å². The van der Waals surface area contributed by atoms with Crippen molar-refractivity contribution in [3.63, 3.8) is 0 Å². The summed E-state index contributed by atoms with van der Waals surface area (Å²) in [6.45, 7) is 10.9. The number of nitrogens with zero attached hydrogens (tertiary/aromatic N) is 2. The highest BCUT2D eigenvalue weighted by molar-refractivity contribution is 5.95. The van der Waals surface area contributed by atoms with Crippen LogP contribution in [0.3, 0.4) is 0 Å². The van der Waals surface area contributed by atoms with Crippen molar-refractivity contribution >= 4 is 17.3 Å². The molecule has 0 saturated heterocycles. The van der Waals surface area contributed by atoms with E-state index >= 15 is 0 Å². The van der Waals surface area contributed by atoms with E-state index in [0.717, 1.165) is 11.1 Å². The van der Waals surface area contributed by atoms with Gasteiger partial charge in [-0.2, -0.15) is 0 Å². The lowest BCUT2D eigenvalue weighted by atomic mass is 9.87. The van der Waals surface area contributed by atoms with Gasteiger partial charge in [0.2, 0.25) is 5.91 Å². The molecule has 0 atom stereocenters. The molecule has 0 unspecified atom stereocenters. The van der Waals surface area contributed by atoms with E-state index in [2.05, 4.69) is 50.4 Å². The maximum Gasteiger partial charge on any atom is 0.293 e. The third-order valence-electron chi connectivity index (χ3n) is 4.86. The number of anilines is 1. The molecule has 0 fully saturated rings. The Morgan fingerprint density at radius 3 is 2.25 bits per heavy atom. The maximum absolute atomic E-state index is 12.5. The first-order valence-corrected chi connectivity index (χ1v) is 9.31. The number of carbonyl (C=O) groups excluding carboxylic acids is 1. The molecule has 0 aromatic heterocycles. The van der Waals surface area contributed by atoms with E-state index in [9.17, 15) is 14.9 Å². The summed E-state index contributed by atoms with van der Waals surface area (Å²) in [4.78, 5) is 25.2. The van der Waals surface area contributed by atoms with Gasteiger partial charge < -0.3 is 5.32 Å². The summed E-state index contributed by atoms with van der Waals surface area (Å²) in [5.41, 5.74) is 4.27. The van der Waals surface area contributed by atoms with Crippen molar-refractivity contribution in [3.05, 3.63) is 68.8 Å². The highest BCUT2D eigenvalue weighted by atomic mass is 16.6. The average molecular weight is 383 g/mol. The smallest absolute Gasteiger partial charge is 0.293 e. The van der Waals surface area contributed by atoms with Gasteiger partial charge in [-0.1, -0.05) is 51.1 Å². The number of nitro groups is 1. The minimum atomic E-state index is -0.470. The predicted octanol–water partition coefficient (Wildman–Crippen LogP) is 4.58. The zero-order valence-corrected chi connectivity index (χ0v) is 17.5. The molecule has 0 heterocycles. The van der Waals surface area contributed by atoms with E-state index < -0.39 is 4.92 Å². The number of hydrogen-bond donors (Lipinski definition) is 1. The van der Waals surface area contributed by atoms with Crippen molar-refractivity contribution in [2.24, 2.45) is 0 Å². The third kappa shape index (κ3) is 5.39. The molecular weight excluding hydrogens is 354 g/mol. The van der Waals surface area contributed by atoms with Gasteiger partial charge in [0.15, 0.2) is 0 Å². The van der Waals surface area contributed by atoms with Gasteiger partial charge in [-0.15, -0.1) is 0 Å². The van der Waals surface area contributed by atoms with Crippen LogP contribution in [0.15, 0.2) is 36.4 Å². The minimum absolute atomic E-state index is 0.0862. The zero-order chi connectivity index (χ0) is 21.1. The molecule has 150 valence electrons. The second-order valence-electron chi connectivity index (χ2n) is 8.33. The largest absolute Gasteiger partial charge is 0.319 e. The predicted molar refractivity (Wildman–Crippen MR) is 113 cm³/mol. The molecule has 0 bridgehead atoms. The van der Waals surface area contributed by atoms with Crippen LogP contribution in [0.5, 0.6) is 0 Å². The maximum atomic E-state index is 12.5. The van der Waals surface area contributed by atoms with Gasteiger partial charge in [-0.05, 0) is 48.6 Å². The molecule has 0 aliphatic carbocycles. The summed E-state index contributed by atoms with van der Waals surface area (Å²) < 4.78 is 0. The Morgan fingerprint density at radius 1 is 1.11 bits per heavy atom. The normalized spacial score (nSPS) is 11.5. The fourth-order valence-corrected chi connectivity index (χ4v) is 3.01. The van der Waals surface area contributed by atoms with Gasteiger partial charge in [-0.25, -0.2) is 0 Å². The molecule has 0 aliphatic heterocycles. The number of carbonyl (C=O) groups is 1. The molecule has 2 rings (SSSR count). The van der Waals surface area contributed by atoms with E-state index in [1.165, 1.54) is 11.6 Å². The van der Waals surface area contributed by atoms with Crippen molar-refractivity contribution in [1.29, 1.82) is 0 Å². The van der Waals surface area contributed by atoms with Gasteiger partial charge >= 0.3 is 0 Å². The highest BCUT2D eigenvalue weighted by Gasteiger charge is 2.20. The molecule has 6 nitrogen and oxygen atoms in total. The average Bonchev–Trinajstić information content (AvgIpc) is 2.58. The quantitative estimate of drug-likeness (QED) is 0.585. The van der Waals surface area contributed by atoms with Crippen LogP contribution in [-0.2, 0) is 16.8 Å². The minimum Gasteiger partial charge on any atom is -0.319 e. The molecule has 0 saturated carbocycles. The van der Waals surface area contributed by atoms with E-state index in [1.54, 1.807) is 13.0 Å². The van der Waals surface area contributed by atoms with Gasteiger partial charge in [0.05, 0.1) is 11.5 Å². The molecule has 1 amide bonds. The number of amides is 1. The molecule has 0 spiro atoms. The van der Waals surface area contributed by atoms with Crippen LogP contribution in [0.4, 0.5) is 11.4 Å². The Hall–Kier alpha value is -2.73. The van der Waals surface area contributed by atoms with Crippen molar-refractivity contribution in [2.45, 2.75) is 46.6 Å². The first-order valence-electron chi connectivity index (χ1n) is 9.31. The van der Waals surface area contributed by atoms with Crippen molar-refractivity contribution in [1.82, 2.24) is 4.90 Å². The zero-order valence-electron chi connectivity index (χ0n) is 17.5. The number of likely N-dealkylation sites (N-methyl/N-ethyl adjacent to an activating group) is 1. The number of benzene rings is 2. The molecule has 28 heavy (non-hydrogen) atoms. The molecule has 2 aromatic rings. The van der Waals surface area contributed by atoms with Crippen LogP contribution in [0.1, 0.15) is 43.0 Å². The number of rotatable bonds is 6. The van der Waals surface area contributed by atoms with Crippen LogP contribution in [0.2, 0.25) is 0 Å². The van der Waals surface area contributed by atoms with Crippen LogP contribution in [-0.4, -0.2) is 29.3 Å². The van der Waals surface area contributed by atoms with Crippen molar-refractivity contribution in [3.8, 4) is 0 Å². The van der Waals surface area contributed by atoms with Gasteiger partial charge in [0.1, 0.15) is 5.69 Å². The van der Waals surface area contributed by atoms with E-state index in [-0.39, 0.29) is 29.2 Å². The number of nitro benzene ring substituents is 1. The fraction of sp³-hybridized carbons (Fsp3) is 0.409. The van der Waals surface area contributed by atoms with Crippen LogP contribution < -0.4 is 5.32 Å². The molecule has 0 aliphatic rings. The van der Waals surface area contributed by atoms with Crippen LogP contribution >= 0.6 is 0 Å². The molecule has 0 radical (unpaired) electrons. The van der Waals surface area contributed by atoms with Crippen LogP contribution in [0, 0.1) is 24.0 Å².